The normalized spacial score (nSPS) is 12.3. The number of aromatic nitrogens is 9. The second-order valence-corrected chi connectivity index (χ2v) is 40.0. The van der Waals surface area contributed by atoms with E-state index in [2.05, 4.69) is 422 Å². The van der Waals surface area contributed by atoms with Crippen molar-refractivity contribution in [3.63, 3.8) is 0 Å². The lowest BCUT2D eigenvalue weighted by Gasteiger charge is -2.34. The van der Waals surface area contributed by atoms with Crippen molar-refractivity contribution >= 4 is 148 Å². The summed E-state index contributed by atoms with van der Waals surface area (Å²) in [5.41, 5.74) is 25.8. The third-order valence-electron chi connectivity index (χ3n) is 27.1. The molecule has 10 nitrogen and oxygen atoms in total. The Morgan fingerprint density at radius 1 is 0.267 bits per heavy atom. The SMILES string of the molecule is CC1(C)c2ccccc2-c2cc3c(cc21)c1ccccc1n3-c1ccc(-c2nc(-c3ccccc3)cc(-c3ccccc3)n2)cc1.c1ccc(-c2cc(-c3ccccc3)nc(-n3c4ccccc4c4c5oc6ccccc6c5ccc43)n2)cc1.c1ccc([Si](c2ccccc2)(c2ccccc2)c2cccc(-c3ccnc(-n4c5ccccc5c5c6sc7ccccc7c6ccc54)n3)c2)cc1. The highest BCUT2D eigenvalue weighted by Gasteiger charge is 2.42. The molecule has 135 heavy (non-hydrogen) atoms. The Kier molecular flexibility index (Phi) is 19.6. The van der Waals surface area contributed by atoms with Gasteiger partial charge < -0.3 is 8.98 Å². The highest BCUT2D eigenvalue weighted by Crippen LogP contribution is 2.52. The Morgan fingerprint density at radius 2 is 0.719 bits per heavy atom. The fraction of sp³-hybridized carbons (Fsp3) is 0.0244. The van der Waals surface area contributed by atoms with Crippen LogP contribution in [0.2, 0.25) is 0 Å². The van der Waals surface area contributed by atoms with Crippen LogP contribution in [-0.2, 0) is 5.41 Å². The number of hydrogen-bond donors (Lipinski definition) is 0. The standard InChI is InChI=1S/C46H31N3SSi.C43H31N3.C34H21N3O/c1-4-16-33(17-5-1)51(34-18-6-2-7-19-34,35-20-8-3-9-21-35)36-22-14-15-32(31-36)40-29-30-47-46(48-40)49-41-25-12-10-24-39(41)44-42(49)28-27-38-37-23-11-13-26-43(37)50-45(38)44;1-43(2)36-19-11-9-17-32(36)34-26-41-35(25-37(34)43)33-18-10-12-20-40(33)46(41)31-23-21-30(22-24-31)42-44-38(28-13-5-3-6-14-28)27-39(45-42)29-15-7-4-8-16-29;1-3-11-22(12-4-1)27-21-28(23-13-5-2-6-14-23)36-34(35-27)37-29-17-9-7-16-26(29)32-30(37)20-19-25-24-15-8-10-18-31(24)38-33(25)32/h1-31H;3-27H,1-2H3;1-21H. The van der Waals surface area contributed by atoms with E-state index in [1.165, 1.54) is 95.8 Å². The molecule has 636 valence electrons. The molecule has 0 bridgehead atoms. The average molecular weight is 1760 g/mol. The van der Waals surface area contributed by atoms with Gasteiger partial charge in [-0.1, -0.05) is 372 Å². The molecule has 26 aromatic rings. The van der Waals surface area contributed by atoms with Gasteiger partial charge in [0.1, 0.15) is 11.2 Å². The lowest BCUT2D eigenvalue weighted by molar-refractivity contribution is 0.661. The van der Waals surface area contributed by atoms with Crippen molar-refractivity contribution in [1.82, 2.24) is 43.6 Å². The first kappa shape index (κ1) is 80.0. The lowest BCUT2D eigenvalue weighted by Crippen LogP contribution is -2.74. The van der Waals surface area contributed by atoms with Gasteiger partial charge in [0.15, 0.2) is 13.9 Å². The molecule has 0 saturated carbocycles. The second kappa shape index (κ2) is 33.0. The van der Waals surface area contributed by atoms with Crippen LogP contribution in [0.5, 0.6) is 0 Å². The summed E-state index contributed by atoms with van der Waals surface area (Å²) in [4.78, 5) is 30.6. The minimum Gasteiger partial charge on any atom is -0.455 e. The zero-order valence-electron chi connectivity index (χ0n) is 73.8. The van der Waals surface area contributed by atoms with Gasteiger partial charge in [0.2, 0.25) is 11.9 Å². The zero-order chi connectivity index (χ0) is 89.7. The molecule has 0 amide bonds. The third kappa shape index (κ3) is 13.6. The Labute approximate surface area is 784 Å². The van der Waals surface area contributed by atoms with E-state index in [0.717, 1.165) is 122 Å². The molecule has 0 saturated heterocycles. The van der Waals surface area contributed by atoms with Crippen molar-refractivity contribution in [3.8, 4) is 96.4 Å². The van der Waals surface area contributed by atoms with E-state index in [1.54, 1.807) is 0 Å². The summed E-state index contributed by atoms with van der Waals surface area (Å²) >= 11 is 1.86. The largest absolute Gasteiger partial charge is 0.455 e. The predicted octanol–water partition coefficient (Wildman–Crippen LogP) is 28.7. The molecule has 8 heterocycles. The van der Waals surface area contributed by atoms with Crippen LogP contribution >= 0.6 is 11.3 Å². The van der Waals surface area contributed by atoms with Crippen LogP contribution in [0.15, 0.2) is 472 Å². The molecule has 0 fully saturated rings. The quantitative estimate of drug-likeness (QED) is 0.0836. The smallest absolute Gasteiger partial charge is 0.235 e. The predicted molar refractivity (Wildman–Crippen MR) is 563 cm³/mol. The number of furan rings is 1. The van der Waals surface area contributed by atoms with Crippen molar-refractivity contribution in [2.75, 3.05) is 0 Å². The molecule has 0 spiro atoms. The molecular formula is C123H83N9OSSi. The topological polar surface area (TPSA) is 105 Å². The summed E-state index contributed by atoms with van der Waals surface area (Å²) in [6, 6.07) is 164. The number of hydrogen-bond acceptors (Lipinski definition) is 8. The molecule has 0 radical (unpaired) electrons. The maximum atomic E-state index is 6.45. The first-order valence-corrected chi connectivity index (χ1v) is 48.6. The number of thiophene rings is 1. The fourth-order valence-electron chi connectivity index (χ4n) is 20.8. The molecule has 0 atom stereocenters. The van der Waals surface area contributed by atoms with Crippen molar-refractivity contribution in [3.05, 3.63) is 478 Å². The monoisotopic (exact) mass is 1760 g/mol. The molecular weight excluding hydrogens is 1680 g/mol. The maximum absolute atomic E-state index is 6.45. The maximum Gasteiger partial charge on any atom is 0.235 e. The Hall–Kier alpha value is -17.2. The number of para-hydroxylation sites is 4. The fourth-order valence-corrected chi connectivity index (χ4v) is 26.9. The molecule has 0 N–H and O–H groups in total. The van der Waals surface area contributed by atoms with Crippen LogP contribution in [0.1, 0.15) is 25.0 Å². The number of nitrogens with zero attached hydrogens (tertiary/aromatic N) is 9. The molecule has 8 aromatic heterocycles. The van der Waals surface area contributed by atoms with Crippen molar-refractivity contribution in [1.29, 1.82) is 0 Å². The first-order chi connectivity index (χ1) is 66.7. The molecule has 1 aliphatic rings. The summed E-state index contributed by atoms with van der Waals surface area (Å²) in [6.45, 7) is 4.69. The third-order valence-corrected chi connectivity index (χ3v) is 33.1. The van der Waals surface area contributed by atoms with Gasteiger partial charge in [-0.25, -0.2) is 29.9 Å². The van der Waals surface area contributed by atoms with Crippen LogP contribution in [-0.4, -0.2) is 51.7 Å². The molecule has 0 aliphatic heterocycles. The summed E-state index contributed by atoms with van der Waals surface area (Å²) < 4.78 is 15.9. The van der Waals surface area contributed by atoms with Gasteiger partial charge in [-0.3, -0.25) is 9.13 Å². The Balaban J connectivity index is 0.000000109. The van der Waals surface area contributed by atoms with Gasteiger partial charge in [-0.2, -0.15) is 0 Å². The van der Waals surface area contributed by atoms with Crippen molar-refractivity contribution in [2.24, 2.45) is 0 Å². The lowest BCUT2D eigenvalue weighted by atomic mass is 9.82. The van der Waals surface area contributed by atoms with E-state index in [9.17, 15) is 0 Å². The average Bonchev–Trinajstić information content (AvgIpc) is 1.66. The summed E-state index contributed by atoms with van der Waals surface area (Å²) in [5.74, 6) is 2.01. The van der Waals surface area contributed by atoms with Crippen LogP contribution in [0.4, 0.5) is 0 Å². The summed E-state index contributed by atoms with van der Waals surface area (Å²) in [5, 5.41) is 17.4. The van der Waals surface area contributed by atoms with E-state index in [4.69, 9.17) is 34.3 Å². The molecule has 0 unspecified atom stereocenters. The van der Waals surface area contributed by atoms with Gasteiger partial charge in [0.25, 0.3) is 0 Å². The second-order valence-electron chi connectivity index (χ2n) is 35.1. The minimum atomic E-state index is -2.69. The number of benzene rings is 18. The van der Waals surface area contributed by atoms with E-state index >= 15 is 0 Å². The Bertz CT molecular complexity index is 8860. The Morgan fingerprint density at radius 3 is 1.31 bits per heavy atom. The van der Waals surface area contributed by atoms with Gasteiger partial charge >= 0.3 is 0 Å². The van der Waals surface area contributed by atoms with Gasteiger partial charge in [-0.05, 0) is 146 Å². The van der Waals surface area contributed by atoms with E-state index in [0.29, 0.717) is 17.7 Å². The zero-order valence-corrected chi connectivity index (χ0v) is 75.6. The molecule has 1 aliphatic carbocycles. The van der Waals surface area contributed by atoms with E-state index in [1.807, 2.05) is 84.3 Å². The number of rotatable bonds is 13. The van der Waals surface area contributed by atoms with Gasteiger partial charge in [0.05, 0.1) is 67.0 Å². The van der Waals surface area contributed by atoms with Crippen LogP contribution in [0.3, 0.4) is 0 Å². The molecule has 27 rings (SSSR count). The van der Waals surface area contributed by atoms with E-state index < -0.39 is 8.07 Å². The summed E-state index contributed by atoms with van der Waals surface area (Å²) in [7, 11) is -2.69. The number of fused-ring (bicyclic) bond motifs is 20. The minimum absolute atomic E-state index is 0.0438. The van der Waals surface area contributed by atoms with Crippen LogP contribution in [0.25, 0.3) is 204 Å². The van der Waals surface area contributed by atoms with Gasteiger partial charge in [-0.15, -0.1) is 11.3 Å². The van der Waals surface area contributed by atoms with Crippen molar-refractivity contribution in [2.45, 2.75) is 19.3 Å². The highest BCUT2D eigenvalue weighted by atomic mass is 32.1. The van der Waals surface area contributed by atoms with Crippen LogP contribution in [0, 0.1) is 0 Å². The van der Waals surface area contributed by atoms with Crippen LogP contribution < -0.4 is 20.7 Å². The molecule has 12 heteroatoms. The highest BCUT2D eigenvalue weighted by molar-refractivity contribution is 7.26. The van der Waals surface area contributed by atoms with Crippen molar-refractivity contribution < 1.29 is 4.42 Å². The summed E-state index contributed by atoms with van der Waals surface area (Å²) in [6.07, 6.45) is 1.90. The molecule has 18 aromatic carbocycles. The van der Waals surface area contributed by atoms with Gasteiger partial charge in [0, 0.05) is 109 Å². The first-order valence-electron chi connectivity index (χ1n) is 45.8. The van der Waals surface area contributed by atoms with E-state index in [-0.39, 0.29) is 5.41 Å².